The van der Waals surface area contributed by atoms with Crippen LogP contribution in [0.2, 0.25) is 0 Å². The van der Waals surface area contributed by atoms with Gasteiger partial charge in [0.2, 0.25) is 17.7 Å². The van der Waals surface area contributed by atoms with Crippen LogP contribution in [-0.2, 0) is 14.4 Å². The summed E-state index contributed by atoms with van der Waals surface area (Å²) in [4.78, 5) is 41.3. The molecule has 2 heterocycles. The number of halogens is 3. The van der Waals surface area contributed by atoms with Crippen LogP contribution < -0.4 is 15.5 Å². The molecule has 11 heteroatoms. The fourth-order valence-electron chi connectivity index (χ4n) is 3.81. The molecule has 32 heavy (non-hydrogen) atoms. The Balaban J connectivity index is 1.68. The Morgan fingerprint density at radius 1 is 1.12 bits per heavy atom. The van der Waals surface area contributed by atoms with Gasteiger partial charge in [0.05, 0.1) is 30.9 Å². The number of fused-ring (bicyclic) bond motifs is 1. The summed E-state index contributed by atoms with van der Waals surface area (Å²) >= 11 is 0. The molecule has 1 fully saturated rings. The minimum absolute atomic E-state index is 0.0307. The van der Waals surface area contributed by atoms with E-state index in [4.69, 9.17) is 0 Å². The van der Waals surface area contributed by atoms with Crippen molar-refractivity contribution >= 4 is 29.1 Å². The maximum atomic E-state index is 13.8. The zero-order valence-electron chi connectivity index (χ0n) is 17.5. The maximum absolute atomic E-state index is 13.8. The quantitative estimate of drug-likeness (QED) is 0.633. The van der Waals surface area contributed by atoms with Gasteiger partial charge in [0.15, 0.2) is 0 Å². The number of nitrogens with zero attached hydrogens (tertiary/aromatic N) is 3. The Labute approximate surface area is 184 Å². The fraction of sp³-hybridized carbons (Fsp3) is 0.476. The number of alkyl halides is 3. The summed E-state index contributed by atoms with van der Waals surface area (Å²) in [5, 5.41) is 5.15. The molecule has 0 spiro atoms. The van der Waals surface area contributed by atoms with Gasteiger partial charge < -0.3 is 10.6 Å². The lowest BCUT2D eigenvalue weighted by molar-refractivity contribution is -0.158. The molecule has 1 saturated heterocycles. The van der Waals surface area contributed by atoms with Crippen LogP contribution in [0.15, 0.2) is 36.9 Å². The molecule has 2 N–H and O–H groups in total. The molecule has 0 aromatic heterocycles. The van der Waals surface area contributed by atoms with Crippen molar-refractivity contribution < 1.29 is 27.6 Å². The number of hydrogen-bond acceptors (Lipinski definition) is 5. The van der Waals surface area contributed by atoms with Crippen LogP contribution in [0.25, 0.3) is 0 Å². The Morgan fingerprint density at radius 2 is 1.75 bits per heavy atom. The zero-order chi connectivity index (χ0) is 23.3. The number of carbonyl (C=O) groups excluding carboxylic acids is 3. The van der Waals surface area contributed by atoms with Crippen LogP contribution in [-0.4, -0.2) is 85.6 Å². The molecule has 1 atom stereocenters. The van der Waals surface area contributed by atoms with E-state index >= 15 is 0 Å². The summed E-state index contributed by atoms with van der Waals surface area (Å²) in [6, 6.07) is 3.74. The third kappa shape index (κ3) is 5.86. The summed E-state index contributed by atoms with van der Waals surface area (Å²) in [7, 11) is 0. The second-order valence-electron chi connectivity index (χ2n) is 7.74. The van der Waals surface area contributed by atoms with Crippen molar-refractivity contribution in [2.45, 2.75) is 18.6 Å². The lowest BCUT2D eigenvalue weighted by atomic mass is 10.1. The standard InChI is InChI=1S/C21H26F3N5O3/c1-2-7-25-19(31)13-27-8-10-28(11-9-27)14-20(32)29-16-6-4-3-5-15(16)26-18(30)12-17(29)21(22,23)24/h2-6,17H,1,7-14H2,(H,25,31)(H,26,30)/t17-/m0/s1. The van der Waals surface area contributed by atoms with Crippen LogP contribution in [0, 0.1) is 0 Å². The monoisotopic (exact) mass is 453 g/mol. The average molecular weight is 453 g/mol. The first-order chi connectivity index (χ1) is 15.2. The van der Waals surface area contributed by atoms with Crippen LogP contribution >= 0.6 is 0 Å². The number of benzene rings is 1. The Morgan fingerprint density at radius 3 is 2.38 bits per heavy atom. The third-order valence-electron chi connectivity index (χ3n) is 5.41. The Kier molecular flexibility index (Phi) is 7.52. The molecular weight excluding hydrogens is 427 g/mol. The summed E-state index contributed by atoms with van der Waals surface area (Å²) in [6.07, 6.45) is -4.04. The van der Waals surface area contributed by atoms with Gasteiger partial charge in [0, 0.05) is 32.7 Å². The highest BCUT2D eigenvalue weighted by molar-refractivity contribution is 6.05. The Bertz CT molecular complexity index is 868. The molecule has 0 unspecified atom stereocenters. The number of hydrogen-bond donors (Lipinski definition) is 2. The minimum atomic E-state index is -4.76. The van der Waals surface area contributed by atoms with E-state index < -0.39 is 30.5 Å². The normalized spacial score (nSPS) is 20.2. The number of nitrogens with one attached hydrogen (secondary N) is 2. The summed E-state index contributed by atoms with van der Waals surface area (Å²) in [6.45, 7) is 5.79. The number of rotatable bonds is 6. The van der Waals surface area contributed by atoms with Crippen molar-refractivity contribution in [1.29, 1.82) is 0 Å². The van der Waals surface area contributed by atoms with Gasteiger partial charge in [-0.25, -0.2) is 0 Å². The topological polar surface area (TPSA) is 85.0 Å². The van der Waals surface area contributed by atoms with Crippen LogP contribution in [0.1, 0.15) is 6.42 Å². The molecule has 3 amide bonds. The molecule has 0 bridgehead atoms. The lowest BCUT2D eigenvalue weighted by Gasteiger charge is -2.37. The van der Waals surface area contributed by atoms with Gasteiger partial charge in [-0.1, -0.05) is 18.2 Å². The predicted molar refractivity (Wildman–Crippen MR) is 113 cm³/mol. The smallest absolute Gasteiger partial charge is 0.352 e. The first-order valence-corrected chi connectivity index (χ1v) is 10.3. The van der Waals surface area contributed by atoms with Crippen LogP contribution in [0.5, 0.6) is 0 Å². The average Bonchev–Trinajstić information content (AvgIpc) is 2.89. The van der Waals surface area contributed by atoms with E-state index in [9.17, 15) is 27.6 Å². The first-order valence-electron chi connectivity index (χ1n) is 10.3. The van der Waals surface area contributed by atoms with E-state index in [1.165, 1.54) is 18.2 Å². The van der Waals surface area contributed by atoms with Crippen LogP contribution in [0.4, 0.5) is 24.5 Å². The van der Waals surface area contributed by atoms with Gasteiger partial charge >= 0.3 is 6.18 Å². The lowest BCUT2D eigenvalue weighted by Crippen LogP contribution is -2.55. The predicted octanol–water partition coefficient (Wildman–Crippen LogP) is 1.21. The van der Waals surface area contributed by atoms with Crippen LogP contribution in [0.3, 0.4) is 0 Å². The zero-order valence-corrected chi connectivity index (χ0v) is 17.5. The molecule has 3 rings (SSSR count). The van der Waals surface area contributed by atoms with Crippen molar-refractivity contribution in [2.24, 2.45) is 0 Å². The third-order valence-corrected chi connectivity index (χ3v) is 5.41. The van der Waals surface area contributed by atoms with Crippen molar-refractivity contribution in [3.8, 4) is 0 Å². The highest BCUT2D eigenvalue weighted by Crippen LogP contribution is 2.37. The van der Waals surface area contributed by atoms with Gasteiger partial charge in [-0.2, -0.15) is 13.2 Å². The minimum Gasteiger partial charge on any atom is -0.352 e. The number of para-hydroxylation sites is 2. The van der Waals surface area contributed by atoms with E-state index in [2.05, 4.69) is 17.2 Å². The highest BCUT2D eigenvalue weighted by Gasteiger charge is 2.49. The molecule has 1 aromatic rings. The highest BCUT2D eigenvalue weighted by atomic mass is 19.4. The first kappa shape index (κ1) is 23.7. The fourth-order valence-corrected chi connectivity index (χ4v) is 3.81. The summed E-state index contributed by atoms with van der Waals surface area (Å²) in [5.41, 5.74) is 0.205. The molecule has 0 saturated carbocycles. The van der Waals surface area contributed by atoms with Gasteiger partial charge in [-0.3, -0.25) is 29.1 Å². The van der Waals surface area contributed by atoms with Gasteiger partial charge in [-0.05, 0) is 12.1 Å². The number of piperazine rings is 1. The summed E-state index contributed by atoms with van der Waals surface area (Å²) in [5.74, 6) is -1.66. The molecule has 2 aliphatic heterocycles. The maximum Gasteiger partial charge on any atom is 0.409 e. The number of carbonyl (C=O) groups is 3. The molecule has 174 valence electrons. The SMILES string of the molecule is C=CCNC(=O)CN1CCN(CC(=O)N2c3ccccc3NC(=O)C[C@H]2C(F)(F)F)CC1. The largest absolute Gasteiger partial charge is 0.409 e. The van der Waals surface area contributed by atoms with Crippen molar-refractivity contribution in [1.82, 2.24) is 15.1 Å². The molecule has 2 aliphatic rings. The molecule has 8 nitrogen and oxygen atoms in total. The summed E-state index contributed by atoms with van der Waals surface area (Å²) < 4.78 is 41.4. The van der Waals surface area contributed by atoms with E-state index in [1.54, 1.807) is 17.0 Å². The molecule has 0 radical (unpaired) electrons. The van der Waals surface area contributed by atoms with E-state index in [0.29, 0.717) is 37.6 Å². The molecule has 1 aromatic carbocycles. The van der Waals surface area contributed by atoms with E-state index in [-0.39, 0.29) is 30.4 Å². The van der Waals surface area contributed by atoms with Gasteiger partial charge in [0.25, 0.3) is 0 Å². The second-order valence-corrected chi connectivity index (χ2v) is 7.74. The molecular formula is C21H26F3N5O3. The number of anilines is 2. The second kappa shape index (κ2) is 10.1. The van der Waals surface area contributed by atoms with Gasteiger partial charge in [0.1, 0.15) is 6.04 Å². The molecule has 0 aliphatic carbocycles. The number of amides is 3. The van der Waals surface area contributed by atoms with Crippen molar-refractivity contribution in [3.63, 3.8) is 0 Å². The van der Waals surface area contributed by atoms with Crippen molar-refractivity contribution in [3.05, 3.63) is 36.9 Å². The van der Waals surface area contributed by atoms with Crippen molar-refractivity contribution in [2.75, 3.05) is 56.0 Å². The van der Waals surface area contributed by atoms with E-state index in [0.717, 1.165) is 0 Å². The van der Waals surface area contributed by atoms with Gasteiger partial charge in [-0.15, -0.1) is 6.58 Å². The Hall–Kier alpha value is -2.92. The van der Waals surface area contributed by atoms with E-state index in [1.807, 2.05) is 4.90 Å².